The molecule has 0 aromatic carbocycles. The minimum Gasteiger partial charge on any atom is -0.357 e. The highest BCUT2D eigenvalue weighted by Crippen LogP contribution is 2.13. The molecule has 0 radical (unpaired) electrons. The van der Waals surface area contributed by atoms with Crippen molar-refractivity contribution in [1.82, 2.24) is 24.9 Å². The summed E-state index contributed by atoms with van der Waals surface area (Å²) in [7, 11) is 1.96. The lowest BCUT2D eigenvalue weighted by atomic mass is 10.2. The highest BCUT2D eigenvalue weighted by Gasteiger charge is 2.21. The SMILES string of the molecule is CCNC(=NCc1c(C)nn(C)c1C)N1CCN(C(C)=O)CC1. The van der Waals surface area contributed by atoms with Crippen LogP contribution in [0.1, 0.15) is 30.8 Å². The van der Waals surface area contributed by atoms with Gasteiger partial charge >= 0.3 is 0 Å². The van der Waals surface area contributed by atoms with Crippen LogP contribution in [0.15, 0.2) is 4.99 Å². The highest BCUT2D eigenvalue weighted by molar-refractivity contribution is 5.80. The molecule has 1 N–H and O–H groups in total. The molecule has 0 saturated carbocycles. The molecule has 128 valence electrons. The van der Waals surface area contributed by atoms with Gasteiger partial charge in [-0.25, -0.2) is 4.99 Å². The van der Waals surface area contributed by atoms with E-state index in [2.05, 4.69) is 29.2 Å². The summed E-state index contributed by atoms with van der Waals surface area (Å²) < 4.78 is 1.90. The van der Waals surface area contributed by atoms with Crippen molar-refractivity contribution in [1.29, 1.82) is 0 Å². The number of carbonyl (C=O) groups excluding carboxylic acids is 1. The molecule has 1 aromatic heterocycles. The number of piperazine rings is 1. The molecule has 0 atom stereocenters. The lowest BCUT2D eigenvalue weighted by molar-refractivity contribution is -0.130. The van der Waals surface area contributed by atoms with Crippen LogP contribution in [0.3, 0.4) is 0 Å². The fourth-order valence-corrected chi connectivity index (χ4v) is 2.86. The molecule has 0 bridgehead atoms. The van der Waals surface area contributed by atoms with Gasteiger partial charge in [-0.2, -0.15) is 5.10 Å². The second-order valence-corrected chi connectivity index (χ2v) is 5.94. The number of guanidine groups is 1. The lowest BCUT2D eigenvalue weighted by Crippen LogP contribution is -2.53. The Labute approximate surface area is 138 Å². The molecule has 0 spiro atoms. The van der Waals surface area contributed by atoms with E-state index >= 15 is 0 Å². The third-order valence-corrected chi connectivity index (χ3v) is 4.41. The van der Waals surface area contributed by atoms with Crippen molar-refractivity contribution >= 4 is 11.9 Å². The Morgan fingerprint density at radius 1 is 1.22 bits per heavy atom. The highest BCUT2D eigenvalue weighted by atomic mass is 16.2. The molecular formula is C16H28N6O. The number of aliphatic imine (C=N–C) groups is 1. The van der Waals surface area contributed by atoms with Crippen LogP contribution < -0.4 is 5.32 Å². The van der Waals surface area contributed by atoms with Crippen molar-refractivity contribution < 1.29 is 4.79 Å². The summed E-state index contributed by atoms with van der Waals surface area (Å²) in [4.78, 5) is 20.3. The third kappa shape index (κ3) is 4.03. The summed E-state index contributed by atoms with van der Waals surface area (Å²) in [6.07, 6.45) is 0. The summed E-state index contributed by atoms with van der Waals surface area (Å²) in [6.45, 7) is 12.4. The Hall–Kier alpha value is -2.05. The minimum atomic E-state index is 0.146. The molecule has 7 nitrogen and oxygen atoms in total. The largest absolute Gasteiger partial charge is 0.357 e. The van der Waals surface area contributed by atoms with Crippen molar-refractivity contribution in [3.05, 3.63) is 17.0 Å². The second-order valence-electron chi connectivity index (χ2n) is 5.94. The van der Waals surface area contributed by atoms with E-state index in [4.69, 9.17) is 4.99 Å². The van der Waals surface area contributed by atoms with Crippen LogP contribution in [0.25, 0.3) is 0 Å². The normalized spacial score (nSPS) is 16.0. The number of aryl methyl sites for hydroxylation is 2. The molecule has 0 unspecified atom stereocenters. The van der Waals surface area contributed by atoms with E-state index < -0.39 is 0 Å². The van der Waals surface area contributed by atoms with E-state index in [1.807, 2.05) is 23.6 Å². The van der Waals surface area contributed by atoms with Crippen LogP contribution in [0.5, 0.6) is 0 Å². The summed E-state index contributed by atoms with van der Waals surface area (Å²) in [5.74, 6) is 1.06. The number of aromatic nitrogens is 2. The van der Waals surface area contributed by atoms with Gasteiger partial charge in [-0.1, -0.05) is 0 Å². The molecule has 1 aliphatic rings. The maximum Gasteiger partial charge on any atom is 0.219 e. The van der Waals surface area contributed by atoms with Gasteiger partial charge in [0.05, 0.1) is 12.2 Å². The van der Waals surface area contributed by atoms with Crippen molar-refractivity contribution in [2.75, 3.05) is 32.7 Å². The maximum absolute atomic E-state index is 11.4. The second kappa shape index (κ2) is 7.48. The Kier molecular flexibility index (Phi) is 5.63. The van der Waals surface area contributed by atoms with Crippen LogP contribution in [0.2, 0.25) is 0 Å². The quantitative estimate of drug-likeness (QED) is 0.656. The van der Waals surface area contributed by atoms with Crippen LogP contribution >= 0.6 is 0 Å². The van der Waals surface area contributed by atoms with E-state index in [-0.39, 0.29) is 5.91 Å². The summed E-state index contributed by atoms with van der Waals surface area (Å²) >= 11 is 0. The zero-order valence-electron chi connectivity index (χ0n) is 14.9. The number of hydrogen-bond donors (Lipinski definition) is 1. The van der Waals surface area contributed by atoms with E-state index in [1.165, 1.54) is 5.56 Å². The first-order valence-electron chi connectivity index (χ1n) is 8.21. The first-order valence-corrected chi connectivity index (χ1v) is 8.21. The molecule has 1 saturated heterocycles. The van der Waals surface area contributed by atoms with Crippen LogP contribution in [-0.2, 0) is 18.4 Å². The number of carbonyl (C=O) groups is 1. The van der Waals surface area contributed by atoms with Crippen molar-refractivity contribution in [3.63, 3.8) is 0 Å². The zero-order chi connectivity index (χ0) is 17.0. The van der Waals surface area contributed by atoms with Gasteiger partial charge in [0.25, 0.3) is 0 Å². The zero-order valence-corrected chi connectivity index (χ0v) is 14.9. The molecule has 23 heavy (non-hydrogen) atoms. The third-order valence-electron chi connectivity index (χ3n) is 4.41. The summed E-state index contributed by atoms with van der Waals surface area (Å²) in [5.41, 5.74) is 3.37. The smallest absolute Gasteiger partial charge is 0.219 e. The molecule has 1 aliphatic heterocycles. The van der Waals surface area contributed by atoms with Crippen LogP contribution in [0, 0.1) is 13.8 Å². The van der Waals surface area contributed by atoms with Gasteiger partial charge < -0.3 is 15.1 Å². The predicted molar refractivity (Wildman–Crippen MR) is 91.3 cm³/mol. The fraction of sp³-hybridized carbons (Fsp3) is 0.688. The Morgan fingerprint density at radius 3 is 2.30 bits per heavy atom. The molecular weight excluding hydrogens is 292 g/mol. The van der Waals surface area contributed by atoms with Crippen molar-refractivity contribution in [3.8, 4) is 0 Å². The van der Waals surface area contributed by atoms with E-state index in [0.717, 1.165) is 50.1 Å². The Bertz CT molecular complexity index is 584. The average Bonchev–Trinajstić information content (AvgIpc) is 2.77. The van der Waals surface area contributed by atoms with Gasteiger partial charge in [-0.05, 0) is 20.8 Å². The monoisotopic (exact) mass is 320 g/mol. The van der Waals surface area contributed by atoms with E-state index in [9.17, 15) is 4.79 Å². The maximum atomic E-state index is 11.4. The number of amides is 1. The van der Waals surface area contributed by atoms with Gasteiger partial charge in [0.15, 0.2) is 5.96 Å². The van der Waals surface area contributed by atoms with Gasteiger partial charge in [0.2, 0.25) is 5.91 Å². The number of rotatable bonds is 3. The molecule has 7 heteroatoms. The number of nitrogens with one attached hydrogen (secondary N) is 1. The van der Waals surface area contributed by atoms with Crippen LogP contribution in [-0.4, -0.2) is 64.2 Å². The average molecular weight is 320 g/mol. The van der Waals surface area contributed by atoms with Gasteiger partial charge in [0, 0.05) is 58.0 Å². The lowest BCUT2D eigenvalue weighted by Gasteiger charge is -2.36. The van der Waals surface area contributed by atoms with Gasteiger partial charge in [-0.15, -0.1) is 0 Å². The van der Waals surface area contributed by atoms with Crippen molar-refractivity contribution in [2.45, 2.75) is 34.2 Å². The first-order chi connectivity index (χ1) is 10.9. The van der Waals surface area contributed by atoms with Gasteiger partial charge in [-0.3, -0.25) is 9.48 Å². The molecule has 0 aliphatic carbocycles. The Morgan fingerprint density at radius 2 is 1.83 bits per heavy atom. The minimum absolute atomic E-state index is 0.146. The molecule has 2 rings (SSSR count). The predicted octanol–water partition coefficient (Wildman–Crippen LogP) is 0.667. The summed E-state index contributed by atoms with van der Waals surface area (Å²) in [5, 5.41) is 7.80. The topological polar surface area (TPSA) is 65.8 Å². The number of hydrogen-bond acceptors (Lipinski definition) is 3. The molecule has 1 amide bonds. The van der Waals surface area contributed by atoms with E-state index in [0.29, 0.717) is 6.54 Å². The summed E-state index contributed by atoms with van der Waals surface area (Å²) in [6, 6.07) is 0. The fourth-order valence-electron chi connectivity index (χ4n) is 2.86. The van der Waals surface area contributed by atoms with Crippen LogP contribution in [0.4, 0.5) is 0 Å². The van der Waals surface area contributed by atoms with Gasteiger partial charge in [0.1, 0.15) is 0 Å². The van der Waals surface area contributed by atoms with E-state index in [1.54, 1.807) is 6.92 Å². The first kappa shape index (κ1) is 17.3. The molecule has 2 heterocycles. The van der Waals surface area contributed by atoms with Crippen molar-refractivity contribution in [2.24, 2.45) is 12.0 Å². The standard InChI is InChI=1S/C16H28N6O/c1-6-17-16(22-9-7-21(8-10-22)14(4)23)18-11-15-12(2)19-20(5)13(15)3/h6-11H2,1-5H3,(H,17,18). The molecule has 1 aromatic rings. The Balaban J connectivity index is 2.07. The number of nitrogens with zero attached hydrogens (tertiary/aromatic N) is 5. The molecule has 1 fully saturated rings.